The highest BCUT2D eigenvalue weighted by molar-refractivity contribution is 7.21. The van der Waals surface area contributed by atoms with Crippen molar-refractivity contribution in [1.82, 2.24) is 15.6 Å². The van der Waals surface area contributed by atoms with Gasteiger partial charge in [0.1, 0.15) is 21.2 Å². The number of hydrogen-bond donors (Lipinski definition) is 3. The SMILES string of the molecule is Cc1cc(Oc2ccccc2C(C)C)ccc1N1C(=O)Nc2c(C(=O)N[C@@H]3CCCNC3)sc3nccc1c23. The number of urea groups is 1. The van der Waals surface area contributed by atoms with Crippen molar-refractivity contribution in [3.05, 3.63) is 70.7 Å². The van der Waals surface area contributed by atoms with E-state index in [2.05, 4.69) is 40.8 Å². The Labute approximate surface area is 231 Å². The van der Waals surface area contributed by atoms with Gasteiger partial charge in [0.25, 0.3) is 5.91 Å². The van der Waals surface area contributed by atoms with Crippen LogP contribution in [-0.4, -0.2) is 36.1 Å². The first-order valence-corrected chi connectivity index (χ1v) is 14.1. The molecule has 3 amide bonds. The lowest BCUT2D eigenvalue weighted by Crippen LogP contribution is -2.45. The Hall–Kier alpha value is -3.95. The van der Waals surface area contributed by atoms with Crippen LogP contribution in [0.4, 0.5) is 21.9 Å². The van der Waals surface area contributed by atoms with E-state index < -0.39 is 0 Å². The Bertz CT molecular complexity index is 1570. The minimum Gasteiger partial charge on any atom is -0.457 e. The average molecular weight is 542 g/mol. The molecule has 9 heteroatoms. The lowest BCUT2D eigenvalue weighted by atomic mass is 10.0. The van der Waals surface area contributed by atoms with E-state index in [1.165, 1.54) is 11.3 Å². The summed E-state index contributed by atoms with van der Waals surface area (Å²) >= 11 is 1.31. The van der Waals surface area contributed by atoms with E-state index >= 15 is 0 Å². The maximum absolute atomic E-state index is 13.5. The fraction of sp³-hybridized carbons (Fsp3) is 0.300. The van der Waals surface area contributed by atoms with Gasteiger partial charge in [0.2, 0.25) is 0 Å². The zero-order valence-corrected chi connectivity index (χ0v) is 23.0. The minimum atomic E-state index is -0.316. The molecule has 3 N–H and O–H groups in total. The van der Waals surface area contributed by atoms with Crippen LogP contribution in [0.15, 0.2) is 54.7 Å². The maximum Gasteiger partial charge on any atom is 0.331 e. The van der Waals surface area contributed by atoms with Gasteiger partial charge in [0, 0.05) is 18.8 Å². The van der Waals surface area contributed by atoms with Crippen molar-refractivity contribution in [2.24, 2.45) is 0 Å². The normalized spacial score (nSPS) is 16.9. The van der Waals surface area contributed by atoms with Crippen LogP contribution in [-0.2, 0) is 0 Å². The second-order valence-corrected chi connectivity index (χ2v) is 11.3. The first kappa shape index (κ1) is 25.3. The predicted molar refractivity (Wildman–Crippen MR) is 156 cm³/mol. The van der Waals surface area contributed by atoms with Gasteiger partial charge < -0.3 is 20.7 Å². The molecule has 2 aromatic carbocycles. The van der Waals surface area contributed by atoms with E-state index in [4.69, 9.17) is 4.74 Å². The van der Waals surface area contributed by atoms with Gasteiger partial charge in [-0.05, 0) is 73.7 Å². The van der Waals surface area contributed by atoms with Crippen LogP contribution in [0.3, 0.4) is 0 Å². The Morgan fingerprint density at radius 2 is 2.03 bits per heavy atom. The summed E-state index contributed by atoms with van der Waals surface area (Å²) in [6.45, 7) is 7.96. The summed E-state index contributed by atoms with van der Waals surface area (Å²) in [6, 6.07) is 15.3. The molecular weight excluding hydrogens is 510 g/mol. The summed E-state index contributed by atoms with van der Waals surface area (Å²) in [4.78, 5) is 34.1. The number of hydrogen-bond acceptors (Lipinski definition) is 6. The number of pyridine rings is 1. The number of para-hydroxylation sites is 1. The van der Waals surface area contributed by atoms with Gasteiger partial charge in [-0.1, -0.05) is 32.0 Å². The van der Waals surface area contributed by atoms with Gasteiger partial charge in [-0.3, -0.25) is 9.69 Å². The van der Waals surface area contributed by atoms with Crippen LogP contribution in [0.1, 0.15) is 53.4 Å². The number of thiophene rings is 1. The molecule has 4 aromatic rings. The number of aromatic nitrogens is 1. The van der Waals surface area contributed by atoms with Crippen molar-refractivity contribution >= 4 is 50.6 Å². The van der Waals surface area contributed by atoms with E-state index in [1.807, 2.05) is 49.4 Å². The summed E-state index contributed by atoms with van der Waals surface area (Å²) < 4.78 is 6.25. The smallest absolute Gasteiger partial charge is 0.331 e. The molecule has 39 heavy (non-hydrogen) atoms. The molecule has 0 spiro atoms. The number of piperidine rings is 1. The van der Waals surface area contributed by atoms with Crippen molar-refractivity contribution in [2.75, 3.05) is 23.3 Å². The number of amides is 3. The van der Waals surface area contributed by atoms with Crippen LogP contribution in [0.5, 0.6) is 11.5 Å². The van der Waals surface area contributed by atoms with Gasteiger partial charge in [-0.2, -0.15) is 0 Å². The number of carbonyl (C=O) groups excluding carboxylic acids is 2. The molecule has 4 heterocycles. The molecule has 2 aromatic heterocycles. The number of anilines is 3. The van der Waals surface area contributed by atoms with Crippen molar-refractivity contribution in [3.63, 3.8) is 0 Å². The van der Waals surface area contributed by atoms with E-state index in [0.29, 0.717) is 32.7 Å². The molecule has 2 aliphatic heterocycles. The van der Waals surface area contributed by atoms with Crippen LogP contribution in [0.2, 0.25) is 0 Å². The second kappa shape index (κ2) is 10.3. The monoisotopic (exact) mass is 541 g/mol. The van der Waals surface area contributed by atoms with Crippen LogP contribution < -0.4 is 25.6 Å². The Morgan fingerprint density at radius 1 is 1.18 bits per heavy atom. The summed E-state index contributed by atoms with van der Waals surface area (Å²) in [7, 11) is 0. The molecule has 0 bridgehead atoms. The lowest BCUT2D eigenvalue weighted by Gasteiger charge is -2.30. The topological polar surface area (TPSA) is 95.6 Å². The molecule has 0 aliphatic carbocycles. The van der Waals surface area contributed by atoms with Crippen molar-refractivity contribution in [3.8, 4) is 11.5 Å². The first-order chi connectivity index (χ1) is 18.9. The fourth-order valence-electron chi connectivity index (χ4n) is 5.33. The van der Waals surface area contributed by atoms with Crippen LogP contribution in [0, 0.1) is 6.92 Å². The van der Waals surface area contributed by atoms with Gasteiger partial charge in [0.15, 0.2) is 0 Å². The maximum atomic E-state index is 13.5. The van der Waals surface area contributed by atoms with Gasteiger partial charge in [0.05, 0.1) is 22.4 Å². The van der Waals surface area contributed by atoms with E-state index in [-0.39, 0.29) is 18.0 Å². The molecule has 0 saturated carbocycles. The van der Waals surface area contributed by atoms with Gasteiger partial charge in [-0.15, -0.1) is 11.3 Å². The number of rotatable bonds is 6. The van der Waals surface area contributed by atoms with Crippen molar-refractivity contribution < 1.29 is 14.3 Å². The molecule has 0 radical (unpaired) electrons. The Kier molecular flexibility index (Phi) is 6.70. The van der Waals surface area contributed by atoms with Crippen molar-refractivity contribution in [2.45, 2.75) is 45.6 Å². The molecule has 8 nitrogen and oxygen atoms in total. The molecular formula is C30H31N5O3S. The summed E-state index contributed by atoms with van der Waals surface area (Å²) in [5.74, 6) is 1.68. The van der Waals surface area contributed by atoms with E-state index in [1.54, 1.807) is 11.1 Å². The van der Waals surface area contributed by atoms with E-state index in [0.717, 1.165) is 53.9 Å². The third-order valence-corrected chi connectivity index (χ3v) is 8.36. The summed E-state index contributed by atoms with van der Waals surface area (Å²) in [6.07, 6.45) is 3.64. The zero-order valence-electron chi connectivity index (χ0n) is 22.2. The fourth-order valence-corrected chi connectivity index (χ4v) is 6.35. The number of ether oxygens (including phenoxy) is 1. The van der Waals surface area contributed by atoms with Gasteiger partial charge in [-0.25, -0.2) is 9.78 Å². The van der Waals surface area contributed by atoms with E-state index in [9.17, 15) is 9.59 Å². The molecule has 1 saturated heterocycles. The molecule has 2 aliphatic rings. The third-order valence-electron chi connectivity index (χ3n) is 7.26. The molecule has 1 atom stereocenters. The standard InChI is InChI=1S/C30H31N5O3S/c1-17(2)21-8-4-5-9-24(21)38-20-10-11-22(18(3)15-20)35-23-12-14-32-29-25(23)26(34-30(35)37)27(39-29)28(36)33-19-7-6-13-31-16-19/h4-5,8-12,14-15,17,19,31H,6-7,13,16H2,1-3H3,(H,33,36)(H,34,37)/t19-/m1/s1. The molecule has 0 unspecified atom stereocenters. The molecule has 6 rings (SSSR count). The molecule has 200 valence electrons. The lowest BCUT2D eigenvalue weighted by molar-refractivity contribution is 0.0935. The number of benzene rings is 2. The van der Waals surface area contributed by atoms with Crippen molar-refractivity contribution in [1.29, 1.82) is 0 Å². The van der Waals surface area contributed by atoms with Crippen LogP contribution in [0.25, 0.3) is 10.2 Å². The molecule has 1 fully saturated rings. The largest absolute Gasteiger partial charge is 0.457 e. The highest BCUT2D eigenvalue weighted by atomic mass is 32.1. The highest BCUT2D eigenvalue weighted by Crippen LogP contribution is 2.46. The second-order valence-electron chi connectivity index (χ2n) is 10.3. The Balaban J connectivity index is 1.33. The summed E-state index contributed by atoms with van der Waals surface area (Å²) in [5, 5.41) is 10.2. The number of carbonyl (C=O) groups is 2. The quantitative estimate of drug-likeness (QED) is 0.253. The minimum absolute atomic E-state index is 0.0720. The zero-order chi connectivity index (χ0) is 27.1. The highest BCUT2D eigenvalue weighted by Gasteiger charge is 2.33. The van der Waals surface area contributed by atoms with Gasteiger partial charge >= 0.3 is 6.03 Å². The number of aryl methyl sites for hydroxylation is 1. The number of nitrogens with zero attached hydrogens (tertiary/aromatic N) is 2. The average Bonchev–Trinajstić information content (AvgIpc) is 3.30. The first-order valence-electron chi connectivity index (χ1n) is 13.3. The summed E-state index contributed by atoms with van der Waals surface area (Å²) in [5.41, 5.74) is 3.99. The van der Waals surface area contributed by atoms with Crippen LogP contribution >= 0.6 is 11.3 Å². The third kappa shape index (κ3) is 4.72. The predicted octanol–water partition coefficient (Wildman–Crippen LogP) is 6.69. The Morgan fingerprint density at radius 3 is 2.79 bits per heavy atom. The number of nitrogens with one attached hydrogen (secondary N) is 3.